The molecule has 0 bridgehead atoms. The summed E-state index contributed by atoms with van der Waals surface area (Å²) in [4.78, 5) is 2.25. The van der Waals surface area contributed by atoms with Gasteiger partial charge in [-0.3, -0.25) is 0 Å². The van der Waals surface area contributed by atoms with Crippen molar-refractivity contribution in [1.82, 2.24) is 4.90 Å². The molecule has 1 aliphatic rings. The topological polar surface area (TPSA) is 15.3 Å². The smallest absolute Gasteiger partial charge is 0.0406 e. The molecule has 0 spiro atoms. The number of aryl methyl sites for hydroxylation is 1. The van der Waals surface area contributed by atoms with Gasteiger partial charge in [0, 0.05) is 12.2 Å². The van der Waals surface area contributed by atoms with Gasteiger partial charge >= 0.3 is 0 Å². The van der Waals surface area contributed by atoms with Gasteiger partial charge < -0.3 is 10.2 Å². The maximum Gasteiger partial charge on any atom is 0.0406 e. The third kappa shape index (κ3) is 2.51. The number of hydrogen-bond donors (Lipinski definition) is 1. The van der Waals surface area contributed by atoms with Crippen LogP contribution in [0.4, 0.5) is 5.69 Å². The molecule has 2 rings (SSSR count). The predicted molar refractivity (Wildman–Crippen MR) is 65.5 cm³/mol. The van der Waals surface area contributed by atoms with Crippen LogP contribution in [0.5, 0.6) is 0 Å². The third-order valence-electron chi connectivity index (χ3n) is 2.98. The largest absolute Gasteiger partial charge is 0.384 e. The Bertz CT molecular complexity index is 331. The Kier molecular flexibility index (Phi) is 3.27. The lowest BCUT2D eigenvalue weighted by molar-refractivity contribution is 0.400. The minimum absolute atomic E-state index is 1.11. The lowest BCUT2D eigenvalue weighted by atomic mass is 10.0. The van der Waals surface area contributed by atoms with E-state index in [0.717, 1.165) is 6.54 Å². The standard InChI is InChI=1S/C13H20N2/c1-15(2)10-4-7-11-5-3-6-12-8-9-14-13(11)12/h3,5-6,14H,4,7-10H2,1-2H3. The first-order chi connectivity index (χ1) is 7.27. The Labute approximate surface area is 92.3 Å². The van der Waals surface area contributed by atoms with Crippen LogP contribution < -0.4 is 5.32 Å². The van der Waals surface area contributed by atoms with Crippen molar-refractivity contribution >= 4 is 5.69 Å². The SMILES string of the molecule is CN(C)CCCc1cccc2c1NCC2. The third-order valence-corrected chi connectivity index (χ3v) is 2.98. The highest BCUT2D eigenvalue weighted by atomic mass is 15.0. The number of rotatable bonds is 4. The van der Waals surface area contributed by atoms with Crippen LogP contribution >= 0.6 is 0 Å². The van der Waals surface area contributed by atoms with Crippen molar-refractivity contribution in [2.45, 2.75) is 19.3 Å². The quantitative estimate of drug-likeness (QED) is 0.808. The molecule has 82 valence electrons. The van der Waals surface area contributed by atoms with Crippen LogP contribution in [-0.4, -0.2) is 32.1 Å². The fraction of sp³-hybridized carbons (Fsp3) is 0.538. The molecule has 0 fully saturated rings. The van der Waals surface area contributed by atoms with Gasteiger partial charge in [0.15, 0.2) is 0 Å². The number of anilines is 1. The molecule has 0 saturated carbocycles. The predicted octanol–water partition coefficient (Wildman–Crippen LogP) is 2.15. The first-order valence-electron chi connectivity index (χ1n) is 5.77. The summed E-state index contributed by atoms with van der Waals surface area (Å²) in [6, 6.07) is 6.69. The van der Waals surface area contributed by atoms with Gasteiger partial charge in [0.2, 0.25) is 0 Å². The van der Waals surface area contributed by atoms with Crippen LogP contribution in [0.25, 0.3) is 0 Å². The number of fused-ring (bicyclic) bond motifs is 1. The van der Waals surface area contributed by atoms with E-state index in [1.54, 1.807) is 0 Å². The number of nitrogens with zero attached hydrogens (tertiary/aromatic N) is 1. The molecule has 1 N–H and O–H groups in total. The molecule has 1 aliphatic heterocycles. The first-order valence-corrected chi connectivity index (χ1v) is 5.77. The van der Waals surface area contributed by atoms with Crippen LogP contribution in [0.3, 0.4) is 0 Å². The molecule has 0 unspecified atom stereocenters. The first kappa shape index (κ1) is 10.5. The van der Waals surface area contributed by atoms with Gasteiger partial charge in [-0.25, -0.2) is 0 Å². The highest BCUT2D eigenvalue weighted by Crippen LogP contribution is 2.27. The van der Waals surface area contributed by atoms with Gasteiger partial charge in [-0.15, -0.1) is 0 Å². The molecule has 1 heterocycles. The normalized spacial score (nSPS) is 14.1. The molecule has 0 radical (unpaired) electrons. The summed E-state index contributed by atoms with van der Waals surface area (Å²) in [5, 5.41) is 3.49. The van der Waals surface area contributed by atoms with E-state index >= 15 is 0 Å². The highest BCUT2D eigenvalue weighted by Gasteiger charge is 2.12. The van der Waals surface area contributed by atoms with E-state index in [9.17, 15) is 0 Å². The van der Waals surface area contributed by atoms with Crippen molar-refractivity contribution in [3.8, 4) is 0 Å². The van der Waals surface area contributed by atoms with E-state index in [0.29, 0.717) is 0 Å². The maximum atomic E-state index is 3.49. The maximum absolute atomic E-state index is 3.49. The second-order valence-corrected chi connectivity index (χ2v) is 4.53. The molecule has 2 nitrogen and oxygen atoms in total. The number of para-hydroxylation sites is 1. The molecule has 1 aromatic rings. The van der Waals surface area contributed by atoms with E-state index in [2.05, 4.69) is 42.5 Å². The highest BCUT2D eigenvalue weighted by molar-refractivity contribution is 5.61. The van der Waals surface area contributed by atoms with Gasteiger partial charge in [0.25, 0.3) is 0 Å². The minimum Gasteiger partial charge on any atom is -0.384 e. The molecule has 0 atom stereocenters. The molecule has 0 aliphatic carbocycles. The lowest BCUT2D eigenvalue weighted by Crippen LogP contribution is -2.13. The van der Waals surface area contributed by atoms with Crippen molar-refractivity contribution < 1.29 is 0 Å². The molecule has 0 aromatic heterocycles. The van der Waals surface area contributed by atoms with Crippen LogP contribution in [0.2, 0.25) is 0 Å². The molecular weight excluding hydrogens is 184 g/mol. The van der Waals surface area contributed by atoms with E-state index in [1.165, 1.54) is 42.6 Å². The summed E-state index contributed by atoms with van der Waals surface area (Å²) in [6.07, 6.45) is 3.62. The van der Waals surface area contributed by atoms with Gasteiger partial charge in [-0.1, -0.05) is 18.2 Å². The van der Waals surface area contributed by atoms with Crippen LogP contribution in [0.15, 0.2) is 18.2 Å². The zero-order valence-corrected chi connectivity index (χ0v) is 9.71. The lowest BCUT2D eigenvalue weighted by Gasteiger charge is -2.11. The van der Waals surface area contributed by atoms with Crippen molar-refractivity contribution in [3.63, 3.8) is 0 Å². The van der Waals surface area contributed by atoms with Gasteiger partial charge in [-0.05, 0) is 51.0 Å². The number of benzene rings is 1. The van der Waals surface area contributed by atoms with E-state index < -0.39 is 0 Å². The fourth-order valence-corrected chi connectivity index (χ4v) is 2.20. The zero-order valence-electron chi connectivity index (χ0n) is 9.71. The molecular formula is C13H20N2. The average molecular weight is 204 g/mol. The van der Waals surface area contributed by atoms with Crippen LogP contribution in [0.1, 0.15) is 17.5 Å². The number of nitrogens with one attached hydrogen (secondary N) is 1. The molecule has 2 heteroatoms. The van der Waals surface area contributed by atoms with Crippen LogP contribution in [-0.2, 0) is 12.8 Å². The molecule has 1 aromatic carbocycles. The Balaban J connectivity index is 2.00. The molecule has 0 saturated heterocycles. The van der Waals surface area contributed by atoms with Gasteiger partial charge in [0.1, 0.15) is 0 Å². The van der Waals surface area contributed by atoms with Crippen molar-refractivity contribution in [1.29, 1.82) is 0 Å². The van der Waals surface area contributed by atoms with Crippen molar-refractivity contribution in [2.75, 3.05) is 32.5 Å². The second kappa shape index (κ2) is 4.67. The van der Waals surface area contributed by atoms with E-state index in [1.807, 2.05) is 0 Å². The Hall–Kier alpha value is -1.02. The number of hydrogen-bond acceptors (Lipinski definition) is 2. The summed E-state index contributed by atoms with van der Waals surface area (Å²) >= 11 is 0. The summed E-state index contributed by atoms with van der Waals surface area (Å²) in [5.41, 5.74) is 4.40. The van der Waals surface area contributed by atoms with Gasteiger partial charge in [-0.2, -0.15) is 0 Å². The summed E-state index contributed by atoms with van der Waals surface area (Å²) < 4.78 is 0. The Morgan fingerprint density at radius 1 is 1.33 bits per heavy atom. The Morgan fingerprint density at radius 2 is 2.20 bits per heavy atom. The fourth-order valence-electron chi connectivity index (χ4n) is 2.20. The molecule has 0 amide bonds. The summed E-state index contributed by atoms with van der Waals surface area (Å²) in [7, 11) is 4.27. The monoisotopic (exact) mass is 204 g/mol. The van der Waals surface area contributed by atoms with Crippen LogP contribution in [0, 0.1) is 0 Å². The van der Waals surface area contributed by atoms with Gasteiger partial charge in [0.05, 0.1) is 0 Å². The Morgan fingerprint density at radius 3 is 3.00 bits per heavy atom. The average Bonchev–Trinajstić information content (AvgIpc) is 2.65. The molecule has 15 heavy (non-hydrogen) atoms. The second-order valence-electron chi connectivity index (χ2n) is 4.53. The van der Waals surface area contributed by atoms with Crippen molar-refractivity contribution in [3.05, 3.63) is 29.3 Å². The zero-order chi connectivity index (χ0) is 10.7. The summed E-state index contributed by atoms with van der Waals surface area (Å²) in [5.74, 6) is 0. The summed E-state index contributed by atoms with van der Waals surface area (Å²) in [6.45, 7) is 2.28. The van der Waals surface area contributed by atoms with Crippen molar-refractivity contribution in [2.24, 2.45) is 0 Å². The van der Waals surface area contributed by atoms with E-state index in [4.69, 9.17) is 0 Å². The van der Waals surface area contributed by atoms with E-state index in [-0.39, 0.29) is 0 Å². The minimum atomic E-state index is 1.11.